The summed E-state index contributed by atoms with van der Waals surface area (Å²) in [6.07, 6.45) is 2.31. The average molecular weight is 170 g/mol. The van der Waals surface area contributed by atoms with Gasteiger partial charge in [0.1, 0.15) is 0 Å². The summed E-state index contributed by atoms with van der Waals surface area (Å²) in [5.41, 5.74) is 0. The third kappa shape index (κ3) is 7.28. The lowest BCUT2D eigenvalue weighted by Crippen LogP contribution is -2.32. The minimum Gasteiger partial charge on any atom is -0.354 e. The Balaban J connectivity index is 3.25. The molecule has 1 amide bonds. The summed E-state index contributed by atoms with van der Waals surface area (Å²) >= 11 is 0. The Bertz CT molecular complexity index is 143. The Labute approximate surface area is 74.2 Å². The van der Waals surface area contributed by atoms with Gasteiger partial charge in [0.05, 0.1) is 0 Å². The van der Waals surface area contributed by atoms with Crippen molar-refractivity contribution in [2.75, 3.05) is 13.1 Å². The number of rotatable bonds is 6. The van der Waals surface area contributed by atoms with Crippen LogP contribution in [0, 0.1) is 0 Å². The van der Waals surface area contributed by atoms with Gasteiger partial charge in [0, 0.05) is 25.6 Å². The molecule has 0 bridgehead atoms. The van der Waals surface area contributed by atoms with Gasteiger partial charge in [-0.25, -0.2) is 0 Å². The summed E-state index contributed by atoms with van der Waals surface area (Å²) < 4.78 is 0. The Hall–Kier alpha value is -0.830. The van der Waals surface area contributed by atoms with E-state index in [1.807, 2.05) is 13.8 Å². The highest BCUT2D eigenvalue weighted by Crippen LogP contribution is 1.81. The molecule has 0 saturated heterocycles. The van der Waals surface area contributed by atoms with Crippen molar-refractivity contribution in [3.8, 4) is 0 Å². The normalized spacial score (nSPS) is 9.92. The van der Waals surface area contributed by atoms with Crippen LogP contribution in [0.5, 0.6) is 0 Å². The molecule has 12 heavy (non-hydrogen) atoms. The molecule has 0 aromatic carbocycles. The van der Waals surface area contributed by atoms with Crippen molar-refractivity contribution >= 4 is 5.91 Å². The first kappa shape index (κ1) is 11.2. The van der Waals surface area contributed by atoms with Gasteiger partial charge in [-0.2, -0.15) is 0 Å². The summed E-state index contributed by atoms with van der Waals surface area (Å²) in [7, 11) is 0. The standard InChI is InChI=1S/C9H18N2O/c1-4-6-10-7-5-9(12)11-8(2)3/h4,8,10H,1,5-7H2,2-3H3,(H,11,12). The van der Waals surface area contributed by atoms with Crippen LogP contribution in [-0.4, -0.2) is 25.0 Å². The van der Waals surface area contributed by atoms with E-state index >= 15 is 0 Å². The second-order valence-corrected chi connectivity index (χ2v) is 2.97. The molecule has 0 atom stereocenters. The molecular weight excluding hydrogens is 152 g/mol. The van der Waals surface area contributed by atoms with E-state index in [0.717, 1.165) is 6.54 Å². The van der Waals surface area contributed by atoms with Crippen LogP contribution < -0.4 is 10.6 Å². The van der Waals surface area contributed by atoms with E-state index in [2.05, 4.69) is 17.2 Å². The predicted molar refractivity (Wildman–Crippen MR) is 51.0 cm³/mol. The molecule has 0 aliphatic heterocycles. The molecule has 0 saturated carbocycles. The first-order valence-electron chi connectivity index (χ1n) is 4.27. The largest absolute Gasteiger partial charge is 0.354 e. The molecule has 0 unspecified atom stereocenters. The van der Waals surface area contributed by atoms with Gasteiger partial charge in [0.2, 0.25) is 5.91 Å². The predicted octanol–water partition coefficient (Wildman–Crippen LogP) is 0.677. The van der Waals surface area contributed by atoms with Gasteiger partial charge in [-0.1, -0.05) is 6.08 Å². The number of carbonyl (C=O) groups is 1. The zero-order valence-electron chi connectivity index (χ0n) is 7.89. The highest BCUT2D eigenvalue weighted by Gasteiger charge is 2.00. The molecule has 0 radical (unpaired) electrons. The van der Waals surface area contributed by atoms with Crippen molar-refractivity contribution in [3.05, 3.63) is 12.7 Å². The van der Waals surface area contributed by atoms with Crippen LogP contribution in [0.3, 0.4) is 0 Å². The van der Waals surface area contributed by atoms with Gasteiger partial charge in [-0.3, -0.25) is 4.79 Å². The topological polar surface area (TPSA) is 41.1 Å². The molecule has 0 heterocycles. The van der Waals surface area contributed by atoms with Gasteiger partial charge >= 0.3 is 0 Å². The van der Waals surface area contributed by atoms with Gasteiger partial charge in [-0.05, 0) is 13.8 Å². The second kappa shape index (κ2) is 6.85. The van der Waals surface area contributed by atoms with Crippen LogP contribution in [-0.2, 0) is 4.79 Å². The van der Waals surface area contributed by atoms with E-state index in [-0.39, 0.29) is 11.9 Å². The summed E-state index contributed by atoms with van der Waals surface area (Å²) in [4.78, 5) is 11.0. The van der Waals surface area contributed by atoms with Gasteiger partial charge < -0.3 is 10.6 Å². The maximum Gasteiger partial charge on any atom is 0.221 e. The van der Waals surface area contributed by atoms with Crippen LogP contribution in [0.1, 0.15) is 20.3 Å². The molecule has 0 spiro atoms. The van der Waals surface area contributed by atoms with Crippen molar-refractivity contribution in [1.29, 1.82) is 0 Å². The fourth-order valence-corrected chi connectivity index (χ4v) is 0.800. The van der Waals surface area contributed by atoms with Crippen molar-refractivity contribution in [2.24, 2.45) is 0 Å². The number of amides is 1. The minimum atomic E-state index is 0.0987. The monoisotopic (exact) mass is 170 g/mol. The lowest BCUT2D eigenvalue weighted by Gasteiger charge is -2.07. The van der Waals surface area contributed by atoms with Gasteiger partial charge in [0.25, 0.3) is 0 Å². The molecule has 0 aromatic heterocycles. The van der Waals surface area contributed by atoms with E-state index in [1.54, 1.807) is 6.08 Å². The number of hydrogen-bond donors (Lipinski definition) is 2. The van der Waals surface area contributed by atoms with E-state index in [4.69, 9.17) is 0 Å². The zero-order valence-corrected chi connectivity index (χ0v) is 7.89. The molecular formula is C9H18N2O. The smallest absolute Gasteiger partial charge is 0.221 e. The Morgan fingerprint density at radius 3 is 2.75 bits per heavy atom. The van der Waals surface area contributed by atoms with E-state index in [1.165, 1.54) is 0 Å². The minimum absolute atomic E-state index is 0.0987. The fraction of sp³-hybridized carbons (Fsp3) is 0.667. The van der Waals surface area contributed by atoms with Crippen LogP contribution in [0.15, 0.2) is 12.7 Å². The summed E-state index contributed by atoms with van der Waals surface area (Å²) in [5, 5.41) is 5.88. The Morgan fingerprint density at radius 1 is 1.58 bits per heavy atom. The maximum absolute atomic E-state index is 11.0. The number of nitrogens with one attached hydrogen (secondary N) is 2. The Kier molecular flexibility index (Phi) is 6.38. The molecule has 3 heteroatoms. The molecule has 0 aliphatic carbocycles. The second-order valence-electron chi connectivity index (χ2n) is 2.97. The van der Waals surface area contributed by atoms with E-state index in [9.17, 15) is 4.79 Å². The number of carbonyl (C=O) groups excluding carboxylic acids is 1. The van der Waals surface area contributed by atoms with Crippen LogP contribution in [0.2, 0.25) is 0 Å². The third-order valence-corrected chi connectivity index (χ3v) is 1.27. The third-order valence-electron chi connectivity index (χ3n) is 1.27. The van der Waals surface area contributed by atoms with Crippen molar-refractivity contribution in [2.45, 2.75) is 26.3 Å². The lowest BCUT2D eigenvalue weighted by molar-refractivity contribution is -0.121. The summed E-state index contributed by atoms with van der Waals surface area (Å²) in [5.74, 6) is 0.0987. The SMILES string of the molecule is C=CCNCCC(=O)NC(C)C. The van der Waals surface area contributed by atoms with Crippen LogP contribution in [0.25, 0.3) is 0 Å². The molecule has 70 valence electrons. The zero-order chi connectivity index (χ0) is 9.40. The quantitative estimate of drug-likeness (QED) is 0.454. The average Bonchev–Trinajstić information content (AvgIpc) is 1.97. The lowest BCUT2D eigenvalue weighted by atomic mass is 10.3. The summed E-state index contributed by atoms with van der Waals surface area (Å²) in [6, 6.07) is 0.233. The first-order chi connectivity index (χ1) is 5.66. The number of hydrogen-bond acceptors (Lipinski definition) is 2. The van der Waals surface area contributed by atoms with E-state index in [0.29, 0.717) is 13.0 Å². The van der Waals surface area contributed by atoms with Crippen molar-refractivity contribution in [1.82, 2.24) is 10.6 Å². The Morgan fingerprint density at radius 2 is 2.25 bits per heavy atom. The van der Waals surface area contributed by atoms with Crippen LogP contribution in [0.4, 0.5) is 0 Å². The molecule has 0 fully saturated rings. The molecule has 0 aliphatic rings. The molecule has 0 aromatic rings. The van der Waals surface area contributed by atoms with Gasteiger partial charge in [-0.15, -0.1) is 6.58 Å². The fourth-order valence-electron chi connectivity index (χ4n) is 0.800. The molecule has 3 nitrogen and oxygen atoms in total. The highest BCUT2D eigenvalue weighted by atomic mass is 16.1. The summed E-state index contributed by atoms with van der Waals surface area (Å²) in [6.45, 7) is 8.94. The first-order valence-corrected chi connectivity index (χ1v) is 4.27. The highest BCUT2D eigenvalue weighted by molar-refractivity contribution is 5.76. The molecule has 2 N–H and O–H groups in total. The van der Waals surface area contributed by atoms with Crippen molar-refractivity contribution in [3.63, 3.8) is 0 Å². The van der Waals surface area contributed by atoms with Crippen LogP contribution >= 0.6 is 0 Å². The van der Waals surface area contributed by atoms with Crippen molar-refractivity contribution < 1.29 is 4.79 Å². The molecule has 0 rings (SSSR count). The van der Waals surface area contributed by atoms with Gasteiger partial charge in [0.15, 0.2) is 0 Å². The van der Waals surface area contributed by atoms with E-state index < -0.39 is 0 Å². The maximum atomic E-state index is 11.0.